The molecule has 6 heteroatoms. The zero-order valence-electron chi connectivity index (χ0n) is 13.6. The van der Waals surface area contributed by atoms with Gasteiger partial charge in [0.1, 0.15) is 5.82 Å². The summed E-state index contributed by atoms with van der Waals surface area (Å²) in [5, 5.41) is 2.78. The van der Waals surface area contributed by atoms with Gasteiger partial charge in [-0.1, -0.05) is 18.5 Å². The molecule has 2 rings (SSSR count). The van der Waals surface area contributed by atoms with Crippen molar-refractivity contribution in [1.82, 2.24) is 0 Å². The Labute approximate surface area is 145 Å². The zero-order chi connectivity index (χ0) is 17.5. The van der Waals surface area contributed by atoms with Crippen LogP contribution in [-0.4, -0.2) is 19.1 Å². The van der Waals surface area contributed by atoms with Crippen LogP contribution in [0.1, 0.15) is 30.6 Å². The molecule has 1 amide bonds. The number of rotatable bonds is 7. The van der Waals surface area contributed by atoms with Crippen molar-refractivity contribution >= 4 is 23.2 Å². The van der Waals surface area contributed by atoms with Crippen molar-refractivity contribution in [3.05, 3.63) is 52.8 Å². The molecule has 0 fully saturated rings. The summed E-state index contributed by atoms with van der Waals surface area (Å²) in [6.45, 7) is 4.85. The van der Waals surface area contributed by atoms with Crippen LogP contribution >= 0.6 is 11.6 Å². The standard InChI is InChI=1S/C18H19ClFNO3/c1-3-9-24-16-8-5-12(10-17(16)23-4-2)18(22)21-15-7-6-13(19)11-14(15)20/h5-8,10-11H,3-4,9H2,1-2H3,(H,21,22). The molecular weight excluding hydrogens is 333 g/mol. The topological polar surface area (TPSA) is 47.6 Å². The Bertz CT molecular complexity index is 721. The van der Waals surface area contributed by atoms with Crippen molar-refractivity contribution in [2.45, 2.75) is 20.3 Å². The lowest BCUT2D eigenvalue weighted by Gasteiger charge is -2.13. The minimum Gasteiger partial charge on any atom is -0.490 e. The number of nitrogens with one attached hydrogen (secondary N) is 1. The Balaban J connectivity index is 2.20. The molecule has 0 aliphatic carbocycles. The lowest BCUT2D eigenvalue weighted by atomic mass is 10.1. The van der Waals surface area contributed by atoms with E-state index in [1.165, 1.54) is 12.1 Å². The van der Waals surface area contributed by atoms with Crippen molar-refractivity contribution in [2.24, 2.45) is 0 Å². The molecule has 0 atom stereocenters. The average Bonchev–Trinajstić information content (AvgIpc) is 2.56. The van der Waals surface area contributed by atoms with Gasteiger partial charge < -0.3 is 14.8 Å². The Morgan fingerprint density at radius 1 is 1.12 bits per heavy atom. The van der Waals surface area contributed by atoms with Gasteiger partial charge in [-0.15, -0.1) is 0 Å². The fourth-order valence-corrected chi connectivity index (χ4v) is 2.19. The summed E-state index contributed by atoms with van der Waals surface area (Å²) in [4.78, 5) is 12.3. The normalized spacial score (nSPS) is 10.3. The molecule has 0 spiro atoms. The lowest BCUT2D eigenvalue weighted by Crippen LogP contribution is -2.13. The van der Waals surface area contributed by atoms with Crippen LogP contribution in [0.4, 0.5) is 10.1 Å². The Morgan fingerprint density at radius 2 is 1.92 bits per heavy atom. The fraction of sp³-hybridized carbons (Fsp3) is 0.278. The predicted octanol–water partition coefficient (Wildman–Crippen LogP) is 4.92. The molecule has 0 saturated carbocycles. The summed E-state index contributed by atoms with van der Waals surface area (Å²) in [6, 6.07) is 8.93. The van der Waals surface area contributed by atoms with Gasteiger partial charge in [-0.2, -0.15) is 0 Å². The van der Waals surface area contributed by atoms with Crippen LogP contribution in [0.25, 0.3) is 0 Å². The highest BCUT2D eigenvalue weighted by Crippen LogP contribution is 2.29. The van der Waals surface area contributed by atoms with Crippen LogP contribution < -0.4 is 14.8 Å². The number of hydrogen-bond donors (Lipinski definition) is 1. The fourth-order valence-electron chi connectivity index (χ4n) is 2.03. The molecule has 0 aromatic heterocycles. The van der Waals surface area contributed by atoms with E-state index in [1.54, 1.807) is 18.2 Å². The van der Waals surface area contributed by atoms with E-state index in [4.69, 9.17) is 21.1 Å². The second kappa shape index (κ2) is 8.55. The summed E-state index contributed by atoms with van der Waals surface area (Å²) >= 11 is 5.70. The third-order valence-electron chi connectivity index (χ3n) is 3.15. The number of anilines is 1. The molecule has 0 radical (unpaired) electrons. The third kappa shape index (κ3) is 4.61. The van der Waals surface area contributed by atoms with Crippen molar-refractivity contribution in [3.8, 4) is 11.5 Å². The number of halogens is 2. The maximum absolute atomic E-state index is 13.8. The zero-order valence-corrected chi connectivity index (χ0v) is 14.3. The number of amides is 1. The molecule has 128 valence electrons. The number of ether oxygens (including phenoxy) is 2. The maximum Gasteiger partial charge on any atom is 0.255 e. The molecule has 0 aliphatic rings. The first-order valence-electron chi connectivity index (χ1n) is 7.71. The van der Waals surface area contributed by atoms with E-state index in [9.17, 15) is 9.18 Å². The van der Waals surface area contributed by atoms with Crippen molar-refractivity contribution in [2.75, 3.05) is 18.5 Å². The van der Waals surface area contributed by atoms with Crippen LogP contribution in [0.5, 0.6) is 11.5 Å². The van der Waals surface area contributed by atoms with E-state index in [-0.39, 0.29) is 10.7 Å². The van der Waals surface area contributed by atoms with Crippen LogP contribution in [0, 0.1) is 5.82 Å². The molecule has 2 aromatic carbocycles. The van der Waals surface area contributed by atoms with Crippen LogP contribution in [0.2, 0.25) is 5.02 Å². The molecule has 0 saturated heterocycles. The van der Waals surface area contributed by atoms with E-state index in [0.717, 1.165) is 12.5 Å². The number of carbonyl (C=O) groups excluding carboxylic acids is 1. The molecule has 2 aromatic rings. The third-order valence-corrected chi connectivity index (χ3v) is 3.38. The van der Waals surface area contributed by atoms with Crippen molar-refractivity contribution in [1.29, 1.82) is 0 Å². The van der Waals surface area contributed by atoms with Crippen LogP contribution in [0.3, 0.4) is 0 Å². The van der Waals surface area contributed by atoms with Crippen molar-refractivity contribution in [3.63, 3.8) is 0 Å². The van der Waals surface area contributed by atoms with Crippen LogP contribution in [0.15, 0.2) is 36.4 Å². The number of carbonyl (C=O) groups is 1. The molecule has 24 heavy (non-hydrogen) atoms. The maximum atomic E-state index is 13.8. The Kier molecular flexibility index (Phi) is 6.44. The summed E-state index contributed by atoms with van der Waals surface area (Å²) in [5.41, 5.74) is 0.408. The van der Waals surface area contributed by atoms with Gasteiger partial charge in [0.05, 0.1) is 18.9 Å². The molecule has 1 N–H and O–H groups in total. The summed E-state index contributed by atoms with van der Waals surface area (Å²) in [7, 11) is 0. The summed E-state index contributed by atoms with van der Waals surface area (Å²) in [5.74, 6) is 0.0195. The first kappa shape index (κ1) is 18.1. The van der Waals surface area contributed by atoms with Gasteiger partial charge in [-0.05, 0) is 49.7 Å². The highest BCUT2D eigenvalue weighted by molar-refractivity contribution is 6.30. The molecule has 0 bridgehead atoms. The summed E-state index contributed by atoms with van der Waals surface area (Å²) in [6.07, 6.45) is 0.865. The predicted molar refractivity (Wildman–Crippen MR) is 92.8 cm³/mol. The first-order valence-corrected chi connectivity index (χ1v) is 8.09. The second-order valence-electron chi connectivity index (χ2n) is 5.02. The van der Waals surface area contributed by atoms with Crippen LogP contribution in [-0.2, 0) is 0 Å². The van der Waals surface area contributed by atoms with E-state index in [0.29, 0.717) is 30.3 Å². The van der Waals surface area contributed by atoms with Gasteiger partial charge in [-0.3, -0.25) is 4.79 Å². The minimum absolute atomic E-state index is 0.0636. The van der Waals surface area contributed by atoms with E-state index in [2.05, 4.69) is 5.32 Å². The number of hydrogen-bond acceptors (Lipinski definition) is 3. The van der Waals surface area contributed by atoms with Gasteiger partial charge in [0, 0.05) is 10.6 Å². The Morgan fingerprint density at radius 3 is 2.58 bits per heavy atom. The first-order chi connectivity index (χ1) is 11.5. The summed E-state index contributed by atoms with van der Waals surface area (Å²) < 4.78 is 24.9. The monoisotopic (exact) mass is 351 g/mol. The highest BCUT2D eigenvalue weighted by Gasteiger charge is 2.13. The van der Waals surface area contributed by atoms with Crippen molar-refractivity contribution < 1.29 is 18.7 Å². The molecule has 0 aliphatic heterocycles. The smallest absolute Gasteiger partial charge is 0.255 e. The van der Waals surface area contributed by atoms with Gasteiger partial charge in [0.15, 0.2) is 11.5 Å². The van der Waals surface area contributed by atoms with Gasteiger partial charge >= 0.3 is 0 Å². The Hall–Kier alpha value is -2.27. The van der Waals surface area contributed by atoms with E-state index >= 15 is 0 Å². The van der Waals surface area contributed by atoms with Gasteiger partial charge in [0.2, 0.25) is 0 Å². The second-order valence-corrected chi connectivity index (χ2v) is 5.46. The van der Waals surface area contributed by atoms with E-state index < -0.39 is 11.7 Å². The quantitative estimate of drug-likeness (QED) is 0.770. The average molecular weight is 352 g/mol. The van der Waals surface area contributed by atoms with Gasteiger partial charge in [-0.25, -0.2) is 4.39 Å². The minimum atomic E-state index is -0.594. The molecule has 0 heterocycles. The molecule has 0 unspecified atom stereocenters. The molecule has 4 nitrogen and oxygen atoms in total. The number of benzene rings is 2. The lowest BCUT2D eigenvalue weighted by molar-refractivity contribution is 0.102. The SMILES string of the molecule is CCCOc1ccc(C(=O)Nc2ccc(Cl)cc2F)cc1OCC. The van der Waals surface area contributed by atoms with E-state index in [1.807, 2.05) is 13.8 Å². The molecular formula is C18H19ClFNO3. The largest absolute Gasteiger partial charge is 0.490 e. The van der Waals surface area contributed by atoms with Gasteiger partial charge in [0.25, 0.3) is 5.91 Å². The highest BCUT2D eigenvalue weighted by atomic mass is 35.5.